The molecule has 0 atom stereocenters. The Bertz CT molecular complexity index is 320. The standard InChI is InChI=1S/C12H20N2O2/c1-12(2,14(3)4)9-16-11-7-5-10(13-15)6-8-11/h5-8,13,15H,9H2,1-4H3/p+1. The Morgan fingerprint density at radius 3 is 2.25 bits per heavy atom. The minimum absolute atomic E-state index is 0.00176. The second-order valence-electron chi connectivity index (χ2n) is 4.69. The highest BCUT2D eigenvalue weighted by atomic mass is 16.5. The lowest BCUT2D eigenvalue weighted by molar-refractivity contribution is -0.825. The average molecular weight is 225 g/mol. The van der Waals surface area contributed by atoms with Gasteiger partial charge in [-0.3, -0.25) is 0 Å². The summed E-state index contributed by atoms with van der Waals surface area (Å²) >= 11 is 0. The normalized spacial score (nSPS) is 11.9. The van der Waals surface area contributed by atoms with Crippen LogP contribution in [0.15, 0.2) is 24.3 Å². The summed E-state index contributed by atoms with van der Waals surface area (Å²) in [7, 11) is 4.07. The molecule has 0 aromatic heterocycles. The Balaban J connectivity index is 2.54. The van der Waals surface area contributed by atoms with Crippen molar-refractivity contribution in [2.75, 3.05) is 20.7 Å². The molecule has 0 fully saturated rings. The number of nitrogens with two attached hydrogens (primary N) is 1. The second-order valence-corrected chi connectivity index (χ2v) is 4.69. The lowest BCUT2D eigenvalue weighted by Crippen LogP contribution is -2.73. The molecule has 0 bridgehead atoms. The molecule has 0 saturated carbocycles. The monoisotopic (exact) mass is 225 g/mol. The third-order valence-corrected chi connectivity index (χ3v) is 2.83. The third-order valence-electron chi connectivity index (χ3n) is 2.83. The predicted octanol–water partition coefficient (Wildman–Crippen LogP) is 0.990. The number of quaternary nitrogens is 1. The maximum absolute atomic E-state index is 8.79. The van der Waals surface area contributed by atoms with E-state index in [1.807, 2.05) is 38.4 Å². The molecule has 0 heterocycles. The van der Waals surface area contributed by atoms with Crippen LogP contribution in [0.2, 0.25) is 0 Å². The number of nitrogens with zero attached hydrogens (tertiary/aromatic N) is 1. The van der Waals surface area contributed by atoms with Crippen LogP contribution in [0.3, 0.4) is 0 Å². The van der Waals surface area contributed by atoms with Gasteiger partial charge >= 0.3 is 0 Å². The summed E-state index contributed by atoms with van der Waals surface area (Å²) in [5, 5.41) is 8.79. The molecule has 0 radical (unpaired) electrons. The Hall–Kier alpha value is -1.10. The summed E-state index contributed by atoms with van der Waals surface area (Å²) in [6, 6.07) is 7.34. The number of hydrogen-bond acceptors (Lipinski definition) is 3. The highest BCUT2D eigenvalue weighted by molar-refractivity contribution is 5.34. The summed E-state index contributed by atoms with van der Waals surface area (Å²) in [6.45, 7) is 4.88. The maximum Gasteiger partial charge on any atom is 0.161 e. The van der Waals surface area contributed by atoms with Crippen LogP contribution >= 0.6 is 0 Å². The Labute approximate surface area is 96.8 Å². The molecule has 4 nitrogen and oxygen atoms in total. The fourth-order valence-corrected chi connectivity index (χ4v) is 1.04. The third kappa shape index (κ3) is 3.48. The van der Waals surface area contributed by atoms with E-state index in [4.69, 9.17) is 9.94 Å². The molecule has 1 rings (SSSR count). The topological polar surface area (TPSA) is 49.3 Å². The highest BCUT2D eigenvalue weighted by Crippen LogP contribution is 2.16. The first-order valence-electron chi connectivity index (χ1n) is 5.33. The molecule has 0 saturated heterocycles. The van der Waals surface area contributed by atoms with E-state index in [9.17, 15) is 0 Å². The molecule has 0 aliphatic carbocycles. The fourth-order valence-electron chi connectivity index (χ4n) is 1.04. The number of hydrogen-bond donors (Lipinski definition) is 2. The van der Waals surface area contributed by atoms with E-state index in [1.54, 1.807) is 0 Å². The van der Waals surface area contributed by atoms with E-state index in [0.29, 0.717) is 6.61 Å². The van der Waals surface area contributed by atoms with Crippen molar-refractivity contribution in [3.63, 3.8) is 0 Å². The van der Waals surface area contributed by atoms with Gasteiger partial charge in [-0.05, 0) is 40.1 Å². The zero-order chi connectivity index (χ0) is 12.2. The minimum atomic E-state index is 0.00176. The van der Waals surface area contributed by atoms with Crippen molar-refractivity contribution in [3.8, 4) is 5.75 Å². The molecule has 1 aromatic rings. The van der Waals surface area contributed by atoms with Gasteiger partial charge in [0.25, 0.3) is 0 Å². The van der Waals surface area contributed by atoms with Crippen LogP contribution in [-0.4, -0.2) is 36.3 Å². The quantitative estimate of drug-likeness (QED) is 0.580. The molecule has 3 N–H and O–H groups in total. The van der Waals surface area contributed by atoms with E-state index in [1.165, 1.54) is 0 Å². The van der Waals surface area contributed by atoms with Gasteiger partial charge in [-0.25, -0.2) is 5.21 Å². The molecule has 4 heteroatoms. The summed E-state index contributed by atoms with van der Waals surface area (Å²) < 4.78 is 5.69. The minimum Gasteiger partial charge on any atom is -0.492 e. The van der Waals surface area contributed by atoms with Crippen molar-refractivity contribution in [1.29, 1.82) is 0 Å². The van der Waals surface area contributed by atoms with E-state index in [0.717, 1.165) is 16.9 Å². The van der Waals surface area contributed by atoms with Crippen molar-refractivity contribution >= 4 is 5.69 Å². The number of rotatable bonds is 5. The van der Waals surface area contributed by atoms with Crippen LogP contribution < -0.4 is 10.2 Å². The smallest absolute Gasteiger partial charge is 0.161 e. The van der Waals surface area contributed by atoms with Gasteiger partial charge in [-0.1, -0.05) is 0 Å². The molecule has 0 unspecified atom stereocenters. The van der Waals surface area contributed by atoms with Crippen molar-refractivity contribution in [1.82, 2.24) is 4.90 Å². The molecule has 0 aliphatic heterocycles. The molecule has 16 heavy (non-hydrogen) atoms. The highest BCUT2D eigenvalue weighted by Gasteiger charge is 2.21. The van der Waals surface area contributed by atoms with E-state index in [-0.39, 0.29) is 5.54 Å². The van der Waals surface area contributed by atoms with Crippen LogP contribution in [0.5, 0.6) is 5.75 Å². The lowest BCUT2D eigenvalue weighted by Gasteiger charge is -2.32. The number of ether oxygens (including phenoxy) is 1. The summed E-state index contributed by atoms with van der Waals surface area (Å²) in [6.07, 6.45) is 0. The first-order chi connectivity index (χ1) is 7.45. The van der Waals surface area contributed by atoms with Crippen LogP contribution in [0.1, 0.15) is 13.8 Å². The summed E-state index contributed by atoms with van der Waals surface area (Å²) in [5.41, 5.74) is 1.86. The SMILES string of the molecule is CN(C)C(C)(C)COc1ccc([NH2+]O)cc1. The lowest BCUT2D eigenvalue weighted by atomic mass is 10.1. The number of benzene rings is 1. The van der Waals surface area contributed by atoms with Gasteiger partial charge in [0.2, 0.25) is 0 Å². The van der Waals surface area contributed by atoms with E-state index in [2.05, 4.69) is 18.7 Å². The van der Waals surface area contributed by atoms with Crippen LogP contribution in [-0.2, 0) is 0 Å². The van der Waals surface area contributed by atoms with E-state index >= 15 is 0 Å². The van der Waals surface area contributed by atoms with Crippen LogP contribution in [0.4, 0.5) is 5.69 Å². The summed E-state index contributed by atoms with van der Waals surface area (Å²) in [5.74, 6) is 0.820. The van der Waals surface area contributed by atoms with E-state index < -0.39 is 0 Å². The Morgan fingerprint density at radius 2 is 1.81 bits per heavy atom. The fraction of sp³-hybridized carbons (Fsp3) is 0.500. The molecule has 0 spiro atoms. The molecular weight excluding hydrogens is 204 g/mol. The van der Waals surface area contributed by atoms with Gasteiger partial charge in [-0.2, -0.15) is 5.48 Å². The van der Waals surface area contributed by atoms with Gasteiger partial charge < -0.3 is 9.64 Å². The summed E-state index contributed by atoms with van der Waals surface area (Å²) in [4.78, 5) is 2.13. The largest absolute Gasteiger partial charge is 0.492 e. The Kier molecular flexibility index (Phi) is 4.29. The second kappa shape index (κ2) is 5.30. The average Bonchev–Trinajstić information content (AvgIpc) is 2.27. The van der Waals surface area contributed by atoms with Gasteiger partial charge in [-0.15, -0.1) is 0 Å². The van der Waals surface area contributed by atoms with Crippen molar-refractivity contribution in [3.05, 3.63) is 24.3 Å². The number of likely N-dealkylation sites (N-methyl/N-ethyl adjacent to an activating group) is 1. The zero-order valence-electron chi connectivity index (χ0n) is 10.4. The van der Waals surface area contributed by atoms with Gasteiger partial charge in [0.1, 0.15) is 12.4 Å². The molecule has 0 aliphatic rings. The molecule has 0 amide bonds. The van der Waals surface area contributed by atoms with Gasteiger partial charge in [0.15, 0.2) is 5.69 Å². The van der Waals surface area contributed by atoms with Crippen molar-refractivity contribution < 1.29 is 15.4 Å². The van der Waals surface area contributed by atoms with Gasteiger partial charge in [0, 0.05) is 17.7 Å². The zero-order valence-corrected chi connectivity index (χ0v) is 10.4. The molecule has 1 aromatic carbocycles. The first-order valence-corrected chi connectivity index (χ1v) is 5.33. The van der Waals surface area contributed by atoms with Crippen LogP contribution in [0.25, 0.3) is 0 Å². The molecule has 90 valence electrons. The van der Waals surface area contributed by atoms with Crippen LogP contribution in [0, 0.1) is 0 Å². The molecular formula is C12H21N2O2+. The maximum atomic E-state index is 8.79. The Morgan fingerprint density at radius 1 is 1.25 bits per heavy atom. The first kappa shape index (κ1) is 13.0. The van der Waals surface area contributed by atoms with Gasteiger partial charge in [0.05, 0.1) is 0 Å². The predicted molar refractivity (Wildman–Crippen MR) is 63.1 cm³/mol. The van der Waals surface area contributed by atoms with Crippen molar-refractivity contribution in [2.45, 2.75) is 19.4 Å². The van der Waals surface area contributed by atoms with Crippen molar-refractivity contribution in [2.24, 2.45) is 0 Å².